The Morgan fingerprint density at radius 1 is 1.43 bits per heavy atom. The van der Waals surface area contributed by atoms with Crippen molar-refractivity contribution in [3.8, 4) is 6.07 Å². The number of carbonyl (C=O) groups is 1. The van der Waals surface area contributed by atoms with Gasteiger partial charge in [0.2, 0.25) is 0 Å². The average molecular weight is 300 g/mol. The molecule has 2 atom stereocenters. The van der Waals surface area contributed by atoms with Gasteiger partial charge in [0.25, 0.3) is 5.91 Å². The molecule has 21 heavy (non-hydrogen) atoms. The average Bonchev–Trinajstić information content (AvgIpc) is 2.99. The molecule has 1 amide bonds. The van der Waals surface area contributed by atoms with Crippen LogP contribution in [0.25, 0.3) is 0 Å². The third-order valence-corrected chi connectivity index (χ3v) is 4.30. The molecule has 2 aromatic rings. The van der Waals surface area contributed by atoms with E-state index < -0.39 is 0 Å². The van der Waals surface area contributed by atoms with E-state index in [0.717, 1.165) is 11.4 Å². The molecule has 5 heteroatoms. The summed E-state index contributed by atoms with van der Waals surface area (Å²) in [6, 6.07) is 12.9. The largest absolute Gasteiger partial charge is 0.323 e. The molecule has 4 nitrogen and oxygen atoms in total. The van der Waals surface area contributed by atoms with E-state index in [2.05, 4.69) is 17.5 Å². The van der Waals surface area contributed by atoms with Crippen LogP contribution in [0.15, 0.2) is 41.8 Å². The van der Waals surface area contributed by atoms with Crippen LogP contribution >= 0.6 is 11.3 Å². The number of thiophene rings is 1. The topological polar surface area (TPSA) is 57.3 Å². The maximum Gasteiger partial charge on any atom is 0.282 e. The zero-order valence-corrected chi connectivity index (χ0v) is 12.9. The second-order valence-electron chi connectivity index (χ2n) is 5.01. The number of rotatable bonds is 5. The number of anilines is 1. The minimum Gasteiger partial charge on any atom is -0.323 e. The highest BCUT2D eigenvalue weighted by molar-refractivity contribution is 7.09. The molecule has 2 rings (SSSR count). The van der Waals surface area contributed by atoms with Crippen molar-refractivity contribution in [1.82, 2.24) is 0 Å². The van der Waals surface area contributed by atoms with E-state index in [-0.39, 0.29) is 11.9 Å². The number of nitriles is 1. The van der Waals surface area contributed by atoms with Crippen molar-refractivity contribution in [1.29, 1.82) is 5.26 Å². The van der Waals surface area contributed by atoms with E-state index in [9.17, 15) is 4.79 Å². The number of quaternary nitrogens is 1. The molecule has 1 aromatic carbocycles. The number of nitrogens with one attached hydrogen (secondary N) is 2. The highest BCUT2D eigenvalue weighted by Gasteiger charge is 2.22. The van der Waals surface area contributed by atoms with Crippen molar-refractivity contribution in [3.05, 3.63) is 52.2 Å². The van der Waals surface area contributed by atoms with Gasteiger partial charge in [-0.25, -0.2) is 0 Å². The van der Waals surface area contributed by atoms with E-state index in [0.29, 0.717) is 11.3 Å². The van der Waals surface area contributed by atoms with Gasteiger partial charge in [-0.05, 0) is 36.6 Å². The fraction of sp³-hybridized carbons (Fsp3) is 0.250. The highest BCUT2D eigenvalue weighted by atomic mass is 32.1. The lowest BCUT2D eigenvalue weighted by Gasteiger charge is -2.20. The standard InChI is InChI=1S/C16H17N3OS/c1-12(19(2)11-15-7-4-8-21-15)16(20)18-14-6-3-5-13(9-14)10-17/h3-9,12H,11H2,1-2H3,(H,18,20)/p+1/t12-/m1/s1. The zero-order chi connectivity index (χ0) is 15.2. The Morgan fingerprint density at radius 2 is 2.24 bits per heavy atom. The Morgan fingerprint density at radius 3 is 2.90 bits per heavy atom. The number of carbonyl (C=O) groups excluding carboxylic acids is 1. The number of hydrogen-bond acceptors (Lipinski definition) is 3. The van der Waals surface area contributed by atoms with Gasteiger partial charge in [0.15, 0.2) is 6.04 Å². The lowest BCUT2D eigenvalue weighted by atomic mass is 10.2. The Kier molecular flexibility index (Phi) is 5.09. The van der Waals surface area contributed by atoms with Gasteiger partial charge in [0.05, 0.1) is 23.6 Å². The van der Waals surface area contributed by atoms with Gasteiger partial charge in [0.1, 0.15) is 6.54 Å². The van der Waals surface area contributed by atoms with E-state index in [1.807, 2.05) is 25.4 Å². The van der Waals surface area contributed by atoms with E-state index in [1.54, 1.807) is 35.6 Å². The van der Waals surface area contributed by atoms with Crippen molar-refractivity contribution < 1.29 is 9.69 Å². The van der Waals surface area contributed by atoms with Gasteiger partial charge in [-0.3, -0.25) is 4.79 Å². The molecule has 0 fully saturated rings. The lowest BCUT2D eigenvalue weighted by molar-refractivity contribution is -0.907. The van der Waals surface area contributed by atoms with Crippen molar-refractivity contribution in [2.75, 3.05) is 12.4 Å². The number of hydrogen-bond donors (Lipinski definition) is 2. The SMILES string of the molecule is C[C@H](C(=O)Nc1cccc(C#N)c1)[NH+](C)Cc1cccs1. The third kappa shape index (κ3) is 4.15. The van der Waals surface area contributed by atoms with Crippen molar-refractivity contribution in [3.63, 3.8) is 0 Å². The van der Waals surface area contributed by atoms with Crippen LogP contribution < -0.4 is 10.2 Å². The maximum atomic E-state index is 12.3. The van der Waals surface area contributed by atoms with Crippen LogP contribution in [-0.4, -0.2) is 19.0 Å². The molecule has 0 radical (unpaired) electrons. The molecule has 0 aliphatic heterocycles. The molecule has 0 aliphatic carbocycles. The molecule has 2 N–H and O–H groups in total. The zero-order valence-electron chi connectivity index (χ0n) is 12.1. The first-order valence-corrected chi connectivity index (χ1v) is 7.64. The van der Waals surface area contributed by atoms with E-state index in [1.165, 1.54) is 4.88 Å². The van der Waals surface area contributed by atoms with Crippen molar-refractivity contribution in [2.45, 2.75) is 19.5 Å². The van der Waals surface area contributed by atoms with Gasteiger partial charge in [-0.1, -0.05) is 12.1 Å². The molecule has 108 valence electrons. The van der Waals surface area contributed by atoms with Gasteiger partial charge in [0, 0.05) is 5.69 Å². The maximum absolute atomic E-state index is 12.3. The van der Waals surface area contributed by atoms with Gasteiger partial charge in [-0.2, -0.15) is 5.26 Å². The fourth-order valence-electron chi connectivity index (χ4n) is 1.98. The molecular weight excluding hydrogens is 282 g/mol. The smallest absolute Gasteiger partial charge is 0.282 e. The molecule has 1 aromatic heterocycles. The van der Waals surface area contributed by atoms with Crippen LogP contribution in [0.3, 0.4) is 0 Å². The fourth-order valence-corrected chi connectivity index (χ4v) is 2.78. The van der Waals surface area contributed by atoms with Crippen LogP contribution in [0.2, 0.25) is 0 Å². The van der Waals surface area contributed by atoms with Gasteiger partial charge in [-0.15, -0.1) is 11.3 Å². The summed E-state index contributed by atoms with van der Waals surface area (Å²) in [5.74, 6) is -0.0425. The van der Waals surface area contributed by atoms with Crippen LogP contribution in [0.5, 0.6) is 0 Å². The quantitative estimate of drug-likeness (QED) is 0.882. The van der Waals surface area contributed by atoms with Crippen molar-refractivity contribution >= 4 is 22.9 Å². The van der Waals surface area contributed by atoms with Gasteiger partial charge >= 0.3 is 0 Å². The molecule has 1 heterocycles. The summed E-state index contributed by atoms with van der Waals surface area (Å²) in [5, 5.41) is 13.8. The lowest BCUT2D eigenvalue weighted by Crippen LogP contribution is -3.12. The summed E-state index contributed by atoms with van der Waals surface area (Å²) in [5.41, 5.74) is 1.20. The summed E-state index contributed by atoms with van der Waals surface area (Å²) in [6.45, 7) is 2.73. The molecule has 1 unspecified atom stereocenters. The minimum absolute atomic E-state index is 0.0425. The summed E-state index contributed by atoms with van der Waals surface area (Å²) < 4.78 is 0. The summed E-state index contributed by atoms with van der Waals surface area (Å²) in [7, 11) is 2.01. The second-order valence-corrected chi connectivity index (χ2v) is 6.04. The Balaban J connectivity index is 1.97. The van der Waals surface area contributed by atoms with E-state index in [4.69, 9.17) is 5.26 Å². The van der Waals surface area contributed by atoms with Crippen LogP contribution in [-0.2, 0) is 11.3 Å². The number of likely N-dealkylation sites (N-methyl/N-ethyl adjacent to an activating group) is 1. The Hall–Kier alpha value is -2.16. The number of benzene rings is 1. The summed E-state index contributed by atoms with van der Waals surface area (Å²) in [6.07, 6.45) is 0. The van der Waals surface area contributed by atoms with Gasteiger partial charge < -0.3 is 10.2 Å². The first kappa shape index (κ1) is 15.2. The van der Waals surface area contributed by atoms with Crippen LogP contribution in [0.4, 0.5) is 5.69 Å². The monoisotopic (exact) mass is 300 g/mol. The molecule has 0 saturated carbocycles. The first-order chi connectivity index (χ1) is 10.1. The highest BCUT2D eigenvalue weighted by Crippen LogP contribution is 2.10. The molecule has 0 bridgehead atoms. The molecule has 0 aliphatic rings. The number of nitrogens with zero attached hydrogens (tertiary/aromatic N) is 1. The second kappa shape index (κ2) is 7.02. The summed E-state index contributed by atoms with van der Waals surface area (Å²) in [4.78, 5) is 14.7. The summed E-state index contributed by atoms with van der Waals surface area (Å²) >= 11 is 1.70. The predicted octanol–water partition coefficient (Wildman–Crippen LogP) is 1.66. The normalized spacial score (nSPS) is 13.2. The van der Waals surface area contributed by atoms with E-state index >= 15 is 0 Å². The van der Waals surface area contributed by atoms with Crippen molar-refractivity contribution in [2.24, 2.45) is 0 Å². The first-order valence-electron chi connectivity index (χ1n) is 6.76. The van der Waals surface area contributed by atoms with Crippen LogP contribution in [0, 0.1) is 11.3 Å². The molecule has 0 spiro atoms. The predicted molar refractivity (Wildman–Crippen MR) is 84.2 cm³/mol. The van der Waals surface area contributed by atoms with Crippen LogP contribution in [0.1, 0.15) is 17.4 Å². The molecule has 0 saturated heterocycles. The molecular formula is C16H18N3OS+. The Labute approximate surface area is 128 Å². The third-order valence-electron chi connectivity index (χ3n) is 3.42. The minimum atomic E-state index is -0.169. The number of amides is 1. The Bertz CT molecular complexity index is 646.